The first-order chi connectivity index (χ1) is 15.1. The molecular formula is C22H18F2N6O. The molecule has 7 nitrogen and oxygen atoms in total. The van der Waals surface area contributed by atoms with Crippen LogP contribution in [-0.4, -0.2) is 31.2 Å². The van der Waals surface area contributed by atoms with E-state index in [4.69, 9.17) is 0 Å². The Morgan fingerprint density at radius 2 is 1.94 bits per heavy atom. The third kappa shape index (κ3) is 3.22. The quantitative estimate of drug-likeness (QED) is 0.543. The Morgan fingerprint density at radius 3 is 2.71 bits per heavy atom. The van der Waals surface area contributed by atoms with Crippen molar-refractivity contribution in [2.24, 2.45) is 4.99 Å². The number of aryl methyl sites for hydroxylation is 1. The SMILES string of the molecule is CCCn1ncnc1C1c2n[nH]c(=O)c3cc(F)cc(c23)N=CC1c1ccc(F)cc1. The van der Waals surface area contributed by atoms with E-state index in [9.17, 15) is 13.6 Å². The molecule has 2 aromatic carbocycles. The summed E-state index contributed by atoms with van der Waals surface area (Å²) >= 11 is 0. The molecule has 1 aliphatic rings. The van der Waals surface area contributed by atoms with E-state index in [1.807, 2.05) is 6.92 Å². The number of benzene rings is 2. The van der Waals surface area contributed by atoms with Gasteiger partial charge in [0.15, 0.2) is 0 Å². The molecule has 3 heterocycles. The lowest BCUT2D eigenvalue weighted by molar-refractivity contribution is 0.535. The van der Waals surface area contributed by atoms with Crippen molar-refractivity contribution in [1.29, 1.82) is 0 Å². The summed E-state index contributed by atoms with van der Waals surface area (Å²) in [7, 11) is 0. The summed E-state index contributed by atoms with van der Waals surface area (Å²) in [5.74, 6) is -1.14. The van der Waals surface area contributed by atoms with E-state index in [1.165, 1.54) is 30.6 Å². The van der Waals surface area contributed by atoms with E-state index in [0.717, 1.165) is 12.0 Å². The molecule has 0 radical (unpaired) electrons. The third-order valence-corrected chi connectivity index (χ3v) is 5.50. The zero-order chi connectivity index (χ0) is 21.5. The van der Waals surface area contributed by atoms with Crippen LogP contribution in [0.1, 0.15) is 42.3 Å². The lowest BCUT2D eigenvalue weighted by Crippen LogP contribution is -2.22. The number of nitrogens with one attached hydrogen (secondary N) is 1. The van der Waals surface area contributed by atoms with Crippen molar-refractivity contribution in [1.82, 2.24) is 25.0 Å². The Bertz CT molecular complexity index is 1360. The summed E-state index contributed by atoms with van der Waals surface area (Å²) in [6, 6.07) is 8.59. The molecule has 0 spiro atoms. The van der Waals surface area contributed by atoms with Crippen molar-refractivity contribution < 1.29 is 8.78 Å². The maximum atomic E-state index is 14.2. The Morgan fingerprint density at radius 1 is 1.13 bits per heavy atom. The Balaban J connectivity index is 1.83. The van der Waals surface area contributed by atoms with Crippen LogP contribution in [0.3, 0.4) is 0 Å². The second-order valence-electron chi connectivity index (χ2n) is 7.46. The molecule has 5 rings (SSSR count). The van der Waals surface area contributed by atoms with Crippen molar-refractivity contribution in [3.63, 3.8) is 0 Å². The van der Waals surface area contributed by atoms with Crippen LogP contribution in [0.15, 0.2) is 52.5 Å². The molecule has 1 aliphatic heterocycles. The number of hydrogen-bond donors (Lipinski definition) is 1. The Hall–Kier alpha value is -3.75. The van der Waals surface area contributed by atoms with Gasteiger partial charge in [0.25, 0.3) is 5.56 Å². The van der Waals surface area contributed by atoms with Crippen LogP contribution in [0.5, 0.6) is 0 Å². The van der Waals surface area contributed by atoms with E-state index in [0.29, 0.717) is 29.1 Å². The summed E-state index contributed by atoms with van der Waals surface area (Å²) in [6.45, 7) is 2.67. The second-order valence-corrected chi connectivity index (χ2v) is 7.46. The normalized spacial score (nSPS) is 17.8. The molecule has 9 heteroatoms. The van der Waals surface area contributed by atoms with E-state index in [1.54, 1.807) is 23.0 Å². The first-order valence-electron chi connectivity index (χ1n) is 9.96. The Labute approximate surface area is 175 Å². The van der Waals surface area contributed by atoms with Gasteiger partial charge in [-0.1, -0.05) is 19.1 Å². The van der Waals surface area contributed by atoms with Crippen LogP contribution >= 0.6 is 0 Å². The maximum absolute atomic E-state index is 14.2. The summed E-state index contributed by atoms with van der Waals surface area (Å²) in [5.41, 5.74) is 1.13. The molecule has 0 saturated heterocycles. The van der Waals surface area contributed by atoms with Crippen molar-refractivity contribution in [3.05, 3.63) is 81.8 Å². The predicted octanol–water partition coefficient (Wildman–Crippen LogP) is 3.83. The van der Waals surface area contributed by atoms with Crippen LogP contribution < -0.4 is 5.56 Å². The number of H-pyrrole nitrogens is 1. The number of nitrogens with zero attached hydrogens (tertiary/aromatic N) is 5. The van der Waals surface area contributed by atoms with Crippen LogP contribution in [0.25, 0.3) is 10.8 Å². The molecule has 2 aromatic heterocycles. The van der Waals surface area contributed by atoms with Crippen molar-refractivity contribution in [3.8, 4) is 0 Å². The van der Waals surface area contributed by atoms with Gasteiger partial charge in [0.05, 0.1) is 22.7 Å². The second kappa shape index (κ2) is 7.50. The van der Waals surface area contributed by atoms with Gasteiger partial charge in [-0.15, -0.1) is 0 Å². The van der Waals surface area contributed by atoms with Gasteiger partial charge in [-0.2, -0.15) is 10.2 Å². The minimum atomic E-state index is -0.562. The zero-order valence-corrected chi connectivity index (χ0v) is 16.6. The molecule has 31 heavy (non-hydrogen) atoms. The van der Waals surface area contributed by atoms with Crippen molar-refractivity contribution in [2.75, 3.05) is 0 Å². The molecule has 156 valence electrons. The van der Waals surface area contributed by atoms with Crippen LogP contribution in [0, 0.1) is 11.6 Å². The predicted molar refractivity (Wildman–Crippen MR) is 112 cm³/mol. The molecule has 2 unspecified atom stereocenters. The Kier molecular flexibility index (Phi) is 4.65. The highest BCUT2D eigenvalue weighted by Gasteiger charge is 2.35. The summed E-state index contributed by atoms with van der Waals surface area (Å²) < 4.78 is 29.6. The zero-order valence-electron chi connectivity index (χ0n) is 16.6. The number of aromatic amines is 1. The van der Waals surface area contributed by atoms with Crippen molar-refractivity contribution in [2.45, 2.75) is 31.7 Å². The van der Waals surface area contributed by atoms with E-state index >= 15 is 0 Å². The molecule has 2 atom stereocenters. The van der Waals surface area contributed by atoms with Gasteiger partial charge in [-0.3, -0.25) is 9.79 Å². The summed E-state index contributed by atoms with van der Waals surface area (Å²) in [4.78, 5) is 21.4. The highest BCUT2D eigenvalue weighted by molar-refractivity contribution is 5.97. The number of aromatic nitrogens is 5. The van der Waals surface area contributed by atoms with E-state index < -0.39 is 23.2 Å². The van der Waals surface area contributed by atoms with Gasteiger partial charge in [0.2, 0.25) is 0 Å². The van der Waals surface area contributed by atoms with Gasteiger partial charge >= 0.3 is 0 Å². The first-order valence-corrected chi connectivity index (χ1v) is 9.96. The summed E-state index contributed by atoms with van der Waals surface area (Å²) in [6.07, 6.45) is 4.00. The molecule has 0 amide bonds. The van der Waals surface area contributed by atoms with Gasteiger partial charge in [0, 0.05) is 30.1 Å². The highest BCUT2D eigenvalue weighted by Crippen LogP contribution is 2.43. The molecule has 0 bridgehead atoms. The van der Waals surface area contributed by atoms with Crippen LogP contribution in [0.4, 0.5) is 14.5 Å². The van der Waals surface area contributed by atoms with E-state index in [2.05, 4.69) is 25.3 Å². The maximum Gasteiger partial charge on any atom is 0.272 e. The van der Waals surface area contributed by atoms with E-state index in [-0.39, 0.29) is 11.2 Å². The number of hydrogen-bond acceptors (Lipinski definition) is 5. The van der Waals surface area contributed by atoms with Gasteiger partial charge in [-0.05, 0) is 30.2 Å². The van der Waals surface area contributed by atoms with Crippen molar-refractivity contribution >= 4 is 22.7 Å². The highest BCUT2D eigenvalue weighted by atomic mass is 19.1. The fourth-order valence-electron chi connectivity index (χ4n) is 4.16. The third-order valence-electron chi connectivity index (χ3n) is 5.50. The smallest absolute Gasteiger partial charge is 0.267 e. The van der Waals surface area contributed by atoms with Gasteiger partial charge in [0.1, 0.15) is 23.8 Å². The van der Waals surface area contributed by atoms with Crippen LogP contribution in [0.2, 0.25) is 0 Å². The van der Waals surface area contributed by atoms with Gasteiger partial charge < -0.3 is 0 Å². The topological polar surface area (TPSA) is 88.8 Å². The molecular weight excluding hydrogens is 402 g/mol. The molecule has 0 saturated carbocycles. The number of halogens is 2. The minimum Gasteiger partial charge on any atom is -0.267 e. The average Bonchev–Trinajstić information content (AvgIpc) is 3.14. The molecule has 4 aromatic rings. The standard InChI is InChI=1S/C22H18F2N6O/c1-2-7-30-21(26-11-27-30)19-16(12-3-5-13(23)6-4-12)10-25-17-9-14(24)8-15-18(17)20(19)28-29-22(15)31/h3-6,8-11,16,19H,2,7H2,1H3,(H,29,31). The fraction of sp³-hybridized carbons (Fsp3) is 0.227. The lowest BCUT2D eigenvalue weighted by Gasteiger charge is -2.23. The minimum absolute atomic E-state index is 0.170. The molecule has 0 fully saturated rings. The lowest BCUT2D eigenvalue weighted by atomic mass is 9.83. The number of aliphatic imine (C=N–C) groups is 1. The molecule has 0 aliphatic carbocycles. The number of rotatable bonds is 4. The average molecular weight is 420 g/mol. The van der Waals surface area contributed by atoms with Crippen LogP contribution in [-0.2, 0) is 6.54 Å². The largest absolute Gasteiger partial charge is 0.272 e. The van der Waals surface area contributed by atoms with Gasteiger partial charge in [-0.25, -0.2) is 23.5 Å². The molecule has 1 N–H and O–H groups in total. The fourth-order valence-corrected chi connectivity index (χ4v) is 4.16. The monoisotopic (exact) mass is 420 g/mol. The summed E-state index contributed by atoms with van der Waals surface area (Å²) in [5, 5.41) is 11.8. The first kappa shape index (κ1) is 19.2.